The lowest BCUT2D eigenvalue weighted by molar-refractivity contribution is -0.136. The molecule has 0 aliphatic carbocycles. The number of carboxylic acids is 1. The van der Waals surface area contributed by atoms with Gasteiger partial charge in [-0.15, -0.1) is 0 Å². The lowest BCUT2D eigenvalue weighted by atomic mass is 10.1. The van der Waals surface area contributed by atoms with Crippen LogP contribution in [0.1, 0.15) is 17.5 Å². The van der Waals surface area contributed by atoms with E-state index < -0.39 is 5.97 Å². The van der Waals surface area contributed by atoms with Crippen molar-refractivity contribution >= 4 is 28.5 Å². The Labute approximate surface area is 115 Å². The highest BCUT2D eigenvalue weighted by molar-refractivity contribution is 6.32. The van der Waals surface area contributed by atoms with E-state index in [0.29, 0.717) is 10.6 Å². The molecule has 0 spiro atoms. The molecule has 0 atom stereocenters. The summed E-state index contributed by atoms with van der Waals surface area (Å²) in [5.41, 5.74) is 1.98. The van der Waals surface area contributed by atoms with Crippen molar-refractivity contribution in [2.45, 2.75) is 19.8 Å². The quantitative estimate of drug-likeness (QED) is 0.939. The molecule has 0 saturated heterocycles. The molecule has 100 valence electrons. The second kappa shape index (κ2) is 5.05. The number of aliphatic carboxylic acids is 1. The summed E-state index contributed by atoms with van der Waals surface area (Å²) in [7, 11) is 1.68. The summed E-state index contributed by atoms with van der Waals surface area (Å²) >= 11 is 6.06. The largest absolute Gasteiger partial charge is 0.481 e. The van der Waals surface area contributed by atoms with E-state index in [0.717, 1.165) is 16.5 Å². The predicted molar refractivity (Wildman–Crippen MR) is 74.9 cm³/mol. The second-order valence-electron chi connectivity index (χ2n) is 4.54. The number of pyridine rings is 1. The van der Waals surface area contributed by atoms with Gasteiger partial charge >= 0.3 is 5.97 Å². The zero-order valence-electron chi connectivity index (χ0n) is 10.7. The standard InChI is InChI=1S/C14H14ClNO3/c1-8-11(15)5-3-9-7-10(4-6-12(17)18)14(19)16(2)13(8)9/h3,5,7H,4,6H2,1-2H3,(H,17,18). The first-order valence-electron chi connectivity index (χ1n) is 5.91. The Morgan fingerprint density at radius 2 is 2.11 bits per heavy atom. The van der Waals surface area contributed by atoms with Gasteiger partial charge in [-0.25, -0.2) is 0 Å². The Morgan fingerprint density at radius 3 is 2.74 bits per heavy atom. The summed E-state index contributed by atoms with van der Waals surface area (Å²) in [5, 5.41) is 10.2. The molecule has 0 unspecified atom stereocenters. The average Bonchev–Trinajstić information content (AvgIpc) is 2.36. The zero-order chi connectivity index (χ0) is 14.2. The highest BCUT2D eigenvalue weighted by atomic mass is 35.5. The van der Waals surface area contributed by atoms with Crippen molar-refractivity contribution in [2.24, 2.45) is 7.05 Å². The van der Waals surface area contributed by atoms with E-state index in [9.17, 15) is 9.59 Å². The number of carboxylic acid groups (broad SMARTS) is 1. The highest BCUT2D eigenvalue weighted by Gasteiger charge is 2.11. The number of halogens is 1. The Morgan fingerprint density at radius 1 is 1.42 bits per heavy atom. The van der Waals surface area contributed by atoms with E-state index in [4.69, 9.17) is 16.7 Å². The molecular weight excluding hydrogens is 266 g/mol. The van der Waals surface area contributed by atoms with E-state index >= 15 is 0 Å². The Hall–Kier alpha value is -1.81. The van der Waals surface area contributed by atoms with E-state index in [2.05, 4.69) is 0 Å². The molecule has 4 nitrogen and oxygen atoms in total. The first-order chi connectivity index (χ1) is 8.91. The predicted octanol–water partition coefficient (Wildman–Crippen LogP) is 2.52. The molecule has 2 aromatic rings. The molecule has 5 heteroatoms. The summed E-state index contributed by atoms with van der Waals surface area (Å²) in [5.74, 6) is -0.908. The fourth-order valence-corrected chi connectivity index (χ4v) is 2.40. The van der Waals surface area contributed by atoms with E-state index in [1.54, 1.807) is 19.2 Å². The summed E-state index contributed by atoms with van der Waals surface area (Å²) in [4.78, 5) is 22.8. The topological polar surface area (TPSA) is 59.3 Å². The van der Waals surface area contributed by atoms with Crippen LogP contribution in [-0.4, -0.2) is 15.6 Å². The molecule has 2 rings (SSSR count). The van der Waals surface area contributed by atoms with Gasteiger partial charge in [-0.1, -0.05) is 17.7 Å². The number of carbonyl (C=O) groups is 1. The van der Waals surface area contributed by atoms with Crippen molar-refractivity contribution in [1.29, 1.82) is 0 Å². The molecule has 0 bridgehead atoms. The van der Waals surface area contributed by atoms with Crippen molar-refractivity contribution in [3.05, 3.63) is 44.7 Å². The van der Waals surface area contributed by atoms with Crippen LogP contribution in [0.25, 0.3) is 10.9 Å². The molecule has 0 aliphatic rings. The Balaban J connectivity index is 2.65. The number of fused-ring (bicyclic) bond motifs is 1. The van der Waals surface area contributed by atoms with Gasteiger partial charge in [-0.3, -0.25) is 9.59 Å². The number of rotatable bonds is 3. The van der Waals surface area contributed by atoms with Crippen molar-refractivity contribution in [3.63, 3.8) is 0 Å². The molecule has 0 aliphatic heterocycles. The molecule has 1 aromatic heterocycles. The minimum Gasteiger partial charge on any atom is -0.481 e. The van der Waals surface area contributed by atoms with Crippen LogP contribution in [0.2, 0.25) is 5.02 Å². The SMILES string of the molecule is Cc1c(Cl)ccc2cc(CCC(=O)O)c(=O)n(C)c12. The molecule has 19 heavy (non-hydrogen) atoms. The van der Waals surface area contributed by atoms with Crippen molar-refractivity contribution in [2.75, 3.05) is 0 Å². The number of aromatic nitrogens is 1. The molecule has 0 saturated carbocycles. The molecule has 1 aromatic carbocycles. The molecular formula is C14H14ClNO3. The zero-order valence-corrected chi connectivity index (χ0v) is 11.5. The molecule has 1 N–H and O–H groups in total. The van der Waals surface area contributed by atoms with E-state index in [-0.39, 0.29) is 18.4 Å². The summed E-state index contributed by atoms with van der Waals surface area (Å²) < 4.78 is 1.54. The first kappa shape index (κ1) is 13.6. The fraction of sp³-hybridized carbons (Fsp3) is 0.286. The molecule has 0 amide bonds. The van der Waals surface area contributed by atoms with Crippen molar-refractivity contribution in [1.82, 2.24) is 4.57 Å². The van der Waals surface area contributed by atoms with Crippen molar-refractivity contribution < 1.29 is 9.90 Å². The van der Waals surface area contributed by atoms with Crippen LogP contribution >= 0.6 is 11.6 Å². The number of hydrogen-bond acceptors (Lipinski definition) is 2. The highest BCUT2D eigenvalue weighted by Crippen LogP contribution is 2.24. The van der Waals surface area contributed by atoms with Crippen LogP contribution in [0.15, 0.2) is 23.0 Å². The summed E-state index contributed by atoms with van der Waals surface area (Å²) in [6, 6.07) is 5.38. The number of aryl methyl sites for hydroxylation is 3. The third kappa shape index (κ3) is 2.49. The van der Waals surface area contributed by atoms with Crippen LogP contribution in [0, 0.1) is 6.92 Å². The lowest BCUT2D eigenvalue weighted by Gasteiger charge is -2.11. The number of benzene rings is 1. The van der Waals surface area contributed by atoms with E-state index in [1.807, 2.05) is 13.0 Å². The van der Waals surface area contributed by atoms with Gasteiger partial charge in [0.2, 0.25) is 0 Å². The third-order valence-corrected chi connectivity index (χ3v) is 3.66. The van der Waals surface area contributed by atoms with E-state index in [1.165, 1.54) is 4.57 Å². The Kier molecular flexibility index (Phi) is 3.62. The van der Waals surface area contributed by atoms with Gasteiger partial charge in [0.15, 0.2) is 0 Å². The van der Waals surface area contributed by atoms with Crippen LogP contribution in [0.3, 0.4) is 0 Å². The minimum atomic E-state index is -0.908. The molecule has 1 heterocycles. The first-order valence-corrected chi connectivity index (χ1v) is 6.29. The maximum atomic E-state index is 12.2. The third-order valence-electron chi connectivity index (χ3n) is 3.25. The van der Waals surface area contributed by atoms with Gasteiger partial charge in [0.05, 0.1) is 5.52 Å². The van der Waals surface area contributed by atoms with Gasteiger partial charge < -0.3 is 9.67 Å². The smallest absolute Gasteiger partial charge is 0.303 e. The minimum absolute atomic E-state index is 0.0483. The van der Waals surface area contributed by atoms with Gasteiger partial charge in [0.25, 0.3) is 5.56 Å². The normalized spacial score (nSPS) is 10.9. The maximum Gasteiger partial charge on any atom is 0.303 e. The summed E-state index contributed by atoms with van der Waals surface area (Å²) in [6.45, 7) is 1.86. The van der Waals surface area contributed by atoms with Crippen LogP contribution in [-0.2, 0) is 18.3 Å². The second-order valence-corrected chi connectivity index (χ2v) is 4.94. The molecule has 0 radical (unpaired) electrons. The van der Waals surface area contributed by atoms with Crippen molar-refractivity contribution in [3.8, 4) is 0 Å². The average molecular weight is 280 g/mol. The van der Waals surface area contributed by atoms with Crippen LogP contribution in [0.5, 0.6) is 0 Å². The number of nitrogens with zero attached hydrogens (tertiary/aromatic N) is 1. The maximum absolute atomic E-state index is 12.2. The van der Waals surface area contributed by atoms with Gasteiger partial charge in [0, 0.05) is 24.1 Å². The van der Waals surface area contributed by atoms with Gasteiger partial charge in [-0.05, 0) is 36.4 Å². The molecule has 0 fully saturated rings. The van der Waals surface area contributed by atoms with Crippen LogP contribution < -0.4 is 5.56 Å². The fourth-order valence-electron chi connectivity index (χ4n) is 2.25. The Bertz CT molecular complexity index is 719. The van der Waals surface area contributed by atoms with Gasteiger partial charge in [-0.2, -0.15) is 0 Å². The lowest BCUT2D eigenvalue weighted by Crippen LogP contribution is -2.22. The summed E-state index contributed by atoms with van der Waals surface area (Å²) in [6.07, 6.45) is 0.187. The van der Waals surface area contributed by atoms with Crippen LogP contribution in [0.4, 0.5) is 0 Å². The monoisotopic (exact) mass is 279 g/mol. The number of hydrogen-bond donors (Lipinski definition) is 1. The van der Waals surface area contributed by atoms with Gasteiger partial charge in [0.1, 0.15) is 0 Å².